The van der Waals surface area contributed by atoms with Gasteiger partial charge < -0.3 is 62.1 Å². The molecule has 4 heterocycles. The van der Waals surface area contributed by atoms with Gasteiger partial charge in [-0.05, 0) is 201 Å². The summed E-state index contributed by atoms with van der Waals surface area (Å²) in [6.45, 7) is 21.5. The number of carbonyl (C=O) groups excluding carboxylic acids is 9. The molecule has 0 unspecified atom stereocenters. The lowest BCUT2D eigenvalue weighted by Gasteiger charge is -2.10. The molecule has 0 saturated carbocycles. The molecule has 14 rings (SSSR count). The number of Topliss-reactive ketones (excluding diaryl/α,β-unsaturated/α-hetero) is 2. The highest BCUT2D eigenvalue weighted by Crippen LogP contribution is 2.30. The Bertz CT molecular complexity index is 6500. The van der Waals surface area contributed by atoms with Gasteiger partial charge in [0.05, 0.1) is 108 Å². The number of aryl methyl sites for hydroxylation is 8. The number of hydrogen-bond donors (Lipinski definition) is 8. The molecule has 0 spiro atoms. The van der Waals surface area contributed by atoms with Crippen molar-refractivity contribution in [2.24, 2.45) is 5.84 Å². The van der Waals surface area contributed by atoms with E-state index in [1.165, 1.54) is 77.9 Å². The van der Waals surface area contributed by atoms with E-state index >= 15 is 0 Å². The standard InChI is InChI=1S/C20H20N4O3.C20H20N4O2.C19H17N3O4.C12H11NO.C10H9NO.C10H12O2.C8H10N2O2.C4H8O.ClH/c1-12-7-8-14(20(26)22-2)10-17(12)24-19(21)16(11-23-24)18(25)13-5-4-6-15(9-13)27-3;1-12-5-4-6-14(9-12)18(25)16-11-23-24(19(16)21)17-10-15(20(26)22-3)8-7-13(17)2;1-11-6-7-13(19(24)25)9-16(11)22-18(20)15(10-21-22)17(23)12-4-3-5-14(8-12)26-2;1-3-10(8-13)12(14)11-6-4-5-9(2)7-11;1-8-3-2-4-9(7-8)10(12)5-6-11;1-3-12-10(11)9-6-4-5-8(2)7-9;1-6-2-3-7(12-5-11)4-8(6)10-9;1-2-4-5-3-1;/h4-11H,21H2,1-3H3,(H,22,26);4-11H,21H2,1-3H3,(H,22,26);3-10H,20H2,1-2H3,(H,24,25);3-7H,1-2H3;2-4,7H,5H2,1H3;4-7H,3H2,1-2H3;2-5,10H,9H2,1H3;1-4H2;1H/b;;;10-3-;;;;;. The van der Waals surface area contributed by atoms with Crippen molar-refractivity contribution in [1.82, 2.24) is 40.0 Å². The van der Waals surface area contributed by atoms with E-state index in [1.807, 2.05) is 146 Å². The molecule has 135 heavy (non-hydrogen) atoms. The number of nitrogens with one attached hydrogen (secondary N) is 3. The van der Waals surface area contributed by atoms with E-state index in [4.69, 9.17) is 52.5 Å². The van der Waals surface area contributed by atoms with Crippen molar-refractivity contribution in [1.29, 1.82) is 10.5 Å². The number of carbonyl (C=O) groups is 10. The van der Waals surface area contributed by atoms with Gasteiger partial charge in [-0.1, -0.05) is 144 Å². The fourth-order valence-corrected chi connectivity index (χ4v) is 12.7. The van der Waals surface area contributed by atoms with Crippen LogP contribution < -0.4 is 53.3 Å². The molecule has 12 N–H and O–H groups in total. The van der Waals surface area contributed by atoms with Crippen LogP contribution in [0.25, 0.3) is 17.1 Å². The van der Waals surface area contributed by atoms with E-state index in [2.05, 4.69) is 36.1 Å². The number of amides is 2. The van der Waals surface area contributed by atoms with Crippen LogP contribution in [0.15, 0.2) is 249 Å². The summed E-state index contributed by atoms with van der Waals surface area (Å²) in [5, 5.41) is 44.1. The van der Waals surface area contributed by atoms with Gasteiger partial charge >= 0.3 is 11.9 Å². The number of nitriles is 2. The Morgan fingerprint density at radius 3 is 1.21 bits per heavy atom. The number of carboxylic acids is 1. The molecule has 1 aliphatic rings. The average Bonchev–Trinajstić information content (AvgIpc) is 1.73. The van der Waals surface area contributed by atoms with Crippen LogP contribution in [0, 0.1) is 78.1 Å². The molecule has 698 valence electrons. The number of ether oxygens (including phenoxy) is 5. The summed E-state index contributed by atoms with van der Waals surface area (Å²) in [7, 11) is 6.20. The maximum Gasteiger partial charge on any atom is 0.338 e. The minimum absolute atomic E-state index is 0. The van der Waals surface area contributed by atoms with E-state index < -0.39 is 5.97 Å². The Morgan fingerprint density at radius 2 is 0.844 bits per heavy atom. The molecule has 10 aromatic carbocycles. The maximum absolute atomic E-state index is 12.8. The van der Waals surface area contributed by atoms with Gasteiger partial charge in [-0.15, -0.1) is 12.4 Å². The molecule has 32 heteroatoms. The molecular weight excluding hydrogens is 1740 g/mol. The number of ketones is 5. The third kappa shape index (κ3) is 30.4. The van der Waals surface area contributed by atoms with E-state index in [-0.39, 0.29) is 105 Å². The summed E-state index contributed by atoms with van der Waals surface area (Å²) in [6, 6.07) is 66.8. The van der Waals surface area contributed by atoms with E-state index in [9.17, 15) is 53.1 Å². The van der Waals surface area contributed by atoms with Gasteiger partial charge in [0, 0.05) is 72.3 Å². The van der Waals surface area contributed by atoms with Crippen molar-refractivity contribution in [2.45, 2.75) is 88.5 Å². The second kappa shape index (κ2) is 53.4. The molecule has 0 radical (unpaired) electrons. The van der Waals surface area contributed by atoms with Gasteiger partial charge in [-0.3, -0.25) is 44.2 Å². The zero-order chi connectivity index (χ0) is 98.3. The monoisotopic (exact) mass is 1850 g/mol. The quantitative estimate of drug-likeness (QED) is 0.00561. The normalized spacial score (nSPS) is 10.6. The largest absolute Gasteiger partial charge is 0.497 e. The summed E-state index contributed by atoms with van der Waals surface area (Å²) in [6.07, 6.45) is 8.33. The van der Waals surface area contributed by atoms with Gasteiger partial charge in [-0.2, -0.15) is 25.8 Å². The highest BCUT2D eigenvalue weighted by atomic mass is 35.5. The van der Waals surface area contributed by atoms with E-state index in [1.54, 1.807) is 155 Å². The lowest BCUT2D eigenvalue weighted by Crippen LogP contribution is -2.18. The second-order valence-corrected chi connectivity index (χ2v) is 29.7. The highest BCUT2D eigenvalue weighted by molar-refractivity contribution is 6.14. The molecule has 31 nitrogen and oxygen atoms in total. The van der Waals surface area contributed by atoms with Gasteiger partial charge in [0.2, 0.25) is 5.78 Å². The first kappa shape index (κ1) is 107. The SMILES string of the molecule is C/C=C(/C#N)C(=O)c1cccc(C)c1.C1CCOC1.CCOC(=O)c1cccc(C)c1.CNC(=O)c1ccc(C)c(-n2ncc(C(=O)c3cccc(C)c3)c2N)c1.CNC(=O)c1ccc(C)c(-n2ncc(C(=O)c3cccc(OC)c3)c2N)c1.COc1cccc(C(=O)c2cnn(-c3cc(C(=O)O)ccc3C)c2N)c1.Cc1ccc(OC=O)cc1NN.Cc1cccc(C(=O)CC#N)c1.Cl. The molecule has 13 aromatic rings. The Labute approximate surface area is 789 Å². The molecule has 1 aliphatic heterocycles. The number of anilines is 4. The number of esters is 1. The molecule has 1 fully saturated rings. The number of aromatic nitrogens is 6. The molecule has 0 bridgehead atoms. The smallest absolute Gasteiger partial charge is 0.338 e. The first-order chi connectivity index (χ1) is 64.2. The Morgan fingerprint density at radius 1 is 0.474 bits per heavy atom. The van der Waals surface area contributed by atoms with Crippen LogP contribution in [-0.4, -0.2) is 142 Å². The lowest BCUT2D eigenvalue weighted by molar-refractivity contribution is -0.120. The van der Waals surface area contributed by atoms with Crippen LogP contribution in [0.5, 0.6) is 17.2 Å². The number of carboxylic acid groups (broad SMARTS) is 1. The molecular formula is C103H108ClN15O16. The van der Waals surface area contributed by atoms with E-state index in [0.29, 0.717) is 97.5 Å². The average molecular weight is 1850 g/mol. The number of nitrogens with zero attached hydrogens (tertiary/aromatic N) is 8. The zero-order valence-corrected chi connectivity index (χ0v) is 78.1. The van der Waals surface area contributed by atoms with Crippen LogP contribution in [-0.2, 0) is 14.3 Å². The number of hydrogen-bond acceptors (Lipinski definition) is 25. The first-order valence-electron chi connectivity index (χ1n) is 41.9. The number of rotatable bonds is 23. The van der Waals surface area contributed by atoms with Crippen molar-refractivity contribution in [3.05, 3.63) is 360 Å². The van der Waals surface area contributed by atoms with Crippen molar-refractivity contribution in [3.63, 3.8) is 0 Å². The number of nitrogen functional groups attached to an aromatic ring is 4. The summed E-state index contributed by atoms with van der Waals surface area (Å²) in [4.78, 5) is 117. The fourth-order valence-electron chi connectivity index (χ4n) is 12.7. The molecule has 1 saturated heterocycles. The number of methoxy groups -OCH3 is 2. The number of allylic oxidation sites excluding steroid dienone is 2. The number of hydrazine groups is 1. The van der Waals surface area contributed by atoms with Gasteiger partial charge in [0.1, 0.15) is 40.8 Å². The van der Waals surface area contributed by atoms with E-state index in [0.717, 1.165) is 63.4 Å². The second-order valence-electron chi connectivity index (χ2n) is 29.7. The third-order valence-corrected chi connectivity index (χ3v) is 20.1. The summed E-state index contributed by atoms with van der Waals surface area (Å²) < 4.78 is 29.0. The van der Waals surface area contributed by atoms with Crippen molar-refractivity contribution < 1.29 is 76.7 Å². The van der Waals surface area contributed by atoms with Crippen LogP contribution >= 0.6 is 12.4 Å². The van der Waals surface area contributed by atoms with Gasteiger partial charge in [-0.25, -0.2) is 23.6 Å². The lowest BCUT2D eigenvalue weighted by atomic mass is 10.0. The molecule has 0 atom stereocenters. The third-order valence-electron chi connectivity index (χ3n) is 20.1. The minimum Gasteiger partial charge on any atom is -0.497 e. The number of nitrogens with two attached hydrogens (primary N) is 4. The van der Waals surface area contributed by atoms with Crippen molar-refractivity contribution >= 4 is 94.7 Å². The van der Waals surface area contributed by atoms with Gasteiger partial charge in [0.15, 0.2) is 23.1 Å². The number of aromatic carboxylic acids is 1. The number of benzene rings is 10. The molecule has 3 aromatic heterocycles. The summed E-state index contributed by atoms with van der Waals surface area (Å²) in [5.41, 5.74) is 36.7. The first-order valence-corrected chi connectivity index (χ1v) is 41.9. The molecule has 2 amide bonds. The van der Waals surface area contributed by atoms with Crippen LogP contribution in [0.1, 0.15) is 188 Å². The van der Waals surface area contributed by atoms with Crippen molar-refractivity contribution in [2.75, 3.05) is 70.8 Å². The highest BCUT2D eigenvalue weighted by Gasteiger charge is 2.25. The van der Waals surface area contributed by atoms with Crippen LogP contribution in [0.2, 0.25) is 0 Å². The minimum atomic E-state index is -1.05. The zero-order valence-electron chi connectivity index (χ0n) is 77.3. The maximum atomic E-state index is 12.8. The Kier molecular flexibility index (Phi) is 42.3. The topological polar surface area (TPSA) is 478 Å². The summed E-state index contributed by atoms with van der Waals surface area (Å²) in [5.74, 6) is 4.68. The number of halogens is 1. The predicted octanol–water partition coefficient (Wildman–Crippen LogP) is 16.7. The summed E-state index contributed by atoms with van der Waals surface area (Å²) >= 11 is 0. The molecule has 0 aliphatic carbocycles. The predicted molar refractivity (Wildman–Crippen MR) is 520 cm³/mol. The van der Waals surface area contributed by atoms with Crippen LogP contribution in [0.4, 0.5) is 23.1 Å². The Balaban J connectivity index is 0.000000246. The fraction of sp³-hybridized carbons (Fsp3) is 0.194. The van der Waals surface area contributed by atoms with Crippen LogP contribution in [0.3, 0.4) is 0 Å². The Hall–Kier alpha value is -16.7. The van der Waals surface area contributed by atoms with Crippen molar-refractivity contribution in [3.8, 4) is 46.4 Å². The van der Waals surface area contributed by atoms with Gasteiger partial charge in [0.25, 0.3) is 18.3 Å².